The van der Waals surface area contributed by atoms with E-state index in [1.165, 1.54) is 17.1 Å². The Kier molecular flexibility index (Phi) is 6.87. The van der Waals surface area contributed by atoms with E-state index in [4.69, 9.17) is 18.9 Å². The second-order valence-electron chi connectivity index (χ2n) is 6.51. The van der Waals surface area contributed by atoms with E-state index in [1.54, 1.807) is 36.4 Å². The van der Waals surface area contributed by atoms with Crippen LogP contribution in [0.3, 0.4) is 0 Å². The first-order valence-corrected chi connectivity index (χ1v) is 9.53. The first-order valence-electron chi connectivity index (χ1n) is 9.53. The van der Waals surface area contributed by atoms with Gasteiger partial charge in [0.15, 0.2) is 0 Å². The fraction of sp³-hybridized carbons (Fsp3) is 0.174. The van der Waals surface area contributed by atoms with Crippen LogP contribution in [0.15, 0.2) is 48.8 Å². The number of carbonyl (C=O) groups is 4. The number of hydrogen-bond acceptors (Lipinski definition) is 9. The van der Waals surface area contributed by atoms with E-state index in [2.05, 4.69) is 5.10 Å². The van der Waals surface area contributed by atoms with Crippen molar-refractivity contribution >= 4 is 23.9 Å². The second-order valence-corrected chi connectivity index (χ2v) is 6.51. The van der Waals surface area contributed by atoms with Gasteiger partial charge in [0.1, 0.15) is 5.56 Å². The zero-order valence-electron chi connectivity index (χ0n) is 18.3. The van der Waals surface area contributed by atoms with Crippen molar-refractivity contribution in [1.29, 1.82) is 0 Å². The summed E-state index contributed by atoms with van der Waals surface area (Å²) in [6.07, 6.45) is 2.95. The zero-order valence-corrected chi connectivity index (χ0v) is 18.3. The fourth-order valence-electron chi connectivity index (χ4n) is 3.47. The summed E-state index contributed by atoms with van der Waals surface area (Å²) >= 11 is 0. The van der Waals surface area contributed by atoms with Crippen LogP contribution in [0, 0.1) is 0 Å². The van der Waals surface area contributed by atoms with E-state index in [9.17, 15) is 19.2 Å². The molecule has 0 N–H and O–H groups in total. The van der Waals surface area contributed by atoms with Crippen LogP contribution in [-0.4, -0.2) is 62.1 Å². The Labute approximate surface area is 188 Å². The molecule has 33 heavy (non-hydrogen) atoms. The van der Waals surface area contributed by atoms with Crippen LogP contribution >= 0.6 is 0 Å². The third-order valence-electron chi connectivity index (χ3n) is 4.83. The van der Waals surface area contributed by atoms with Crippen LogP contribution in [-0.2, 0) is 18.9 Å². The van der Waals surface area contributed by atoms with Gasteiger partial charge in [0.2, 0.25) is 0 Å². The molecule has 0 saturated carbocycles. The number of carbonyl (C=O) groups excluding carboxylic acids is 4. The summed E-state index contributed by atoms with van der Waals surface area (Å²) in [6.45, 7) is 0. The van der Waals surface area contributed by atoms with Crippen molar-refractivity contribution in [2.24, 2.45) is 0 Å². The van der Waals surface area contributed by atoms with E-state index < -0.39 is 35.0 Å². The molecule has 1 aromatic heterocycles. The SMILES string of the molecule is COC(=O)c1c(C(=O)OC)c(C(=O)OC)c(-n2cccn2)c(-c2ccccc2)c1C(=O)OC. The van der Waals surface area contributed by atoms with Crippen LogP contribution < -0.4 is 0 Å². The molecule has 170 valence electrons. The van der Waals surface area contributed by atoms with Crippen LogP contribution in [0.5, 0.6) is 0 Å². The molecule has 0 aliphatic heterocycles. The number of nitrogens with zero attached hydrogens (tertiary/aromatic N) is 2. The fourth-order valence-corrected chi connectivity index (χ4v) is 3.47. The summed E-state index contributed by atoms with van der Waals surface area (Å²) in [5, 5.41) is 4.19. The topological polar surface area (TPSA) is 123 Å². The highest BCUT2D eigenvalue weighted by molar-refractivity contribution is 6.20. The number of ether oxygens (including phenoxy) is 4. The Morgan fingerprint density at radius 1 is 0.667 bits per heavy atom. The van der Waals surface area contributed by atoms with Gasteiger partial charge in [-0.25, -0.2) is 23.9 Å². The zero-order chi connectivity index (χ0) is 24.1. The van der Waals surface area contributed by atoms with Crippen LogP contribution in [0.25, 0.3) is 16.8 Å². The molecule has 1 heterocycles. The van der Waals surface area contributed by atoms with E-state index in [-0.39, 0.29) is 22.4 Å². The van der Waals surface area contributed by atoms with Crippen molar-refractivity contribution in [3.05, 3.63) is 71.0 Å². The maximum Gasteiger partial charge on any atom is 0.341 e. The third kappa shape index (κ3) is 4.05. The molecule has 0 bridgehead atoms. The highest BCUT2D eigenvalue weighted by atomic mass is 16.5. The Balaban J connectivity index is 2.74. The molecule has 3 rings (SSSR count). The van der Waals surface area contributed by atoms with Gasteiger partial charge < -0.3 is 18.9 Å². The molecule has 0 fully saturated rings. The smallest absolute Gasteiger partial charge is 0.341 e. The Bertz CT molecular complexity index is 1220. The maximum absolute atomic E-state index is 13.1. The molecular weight excluding hydrogens is 432 g/mol. The largest absolute Gasteiger partial charge is 0.465 e. The van der Waals surface area contributed by atoms with E-state index in [1.807, 2.05) is 0 Å². The monoisotopic (exact) mass is 452 g/mol. The van der Waals surface area contributed by atoms with Crippen molar-refractivity contribution in [2.75, 3.05) is 28.4 Å². The lowest BCUT2D eigenvalue weighted by atomic mass is 9.85. The molecule has 10 heteroatoms. The van der Waals surface area contributed by atoms with Crippen molar-refractivity contribution in [3.8, 4) is 16.8 Å². The number of esters is 4. The van der Waals surface area contributed by atoms with Crippen LogP contribution in [0.1, 0.15) is 41.4 Å². The molecule has 0 unspecified atom stereocenters. The molecule has 0 amide bonds. The minimum Gasteiger partial charge on any atom is -0.465 e. The van der Waals surface area contributed by atoms with Crippen molar-refractivity contribution in [3.63, 3.8) is 0 Å². The summed E-state index contributed by atoms with van der Waals surface area (Å²) in [5.41, 5.74) is -1.07. The van der Waals surface area contributed by atoms with E-state index >= 15 is 0 Å². The second kappa shape index (κ2) is 9.77. The van der Waals surface area contributed by atoms with Crippen molar-refractivity contribution < 1.29 is 38.1 Å². The van der Waals surface area contributed by atoms with Crippen molar-refractivity contribution in [2.45, 2.75) is 0 Å². The third-order valence-corrected chi connectivity index (χ3v) is 4.83. The van der Waals surface area contributed by atoms with Gasteiger partial charge in [-0.15, -0.1) is 0 Å². The van der Waals surface area contributed by atoms with E-state index in [0.29, 0.717) is 5.56 Å². The van der Waals surface area contributed by atoms with Crippen LogP contribution in [0.4, 0.5) is 0 Å². The van der Waals surface area contributed by atoms with E-state index in [0.717, 1.165) is 28.4 Å². The molecule has 0 spiro atoms. The first kappa shape index (κ1) is 23.2. The summed E-state index contributed by atoms with van der Waals surface area (Å²) < 4.78 is 20.9. The Morgan fingerprint density at radius 2 is 1.15 bits per heavy atom. The van der Waals surface area contributed by atoms with Gasteiger partial charge in [-0.3, -0.25) is 0 Å². The number of hydrogen-bond donors (Lipinski definition) is 0. The molecule has 0 radical (unpaired) electrons. The molecular formula is C23H20N2O8. The van der Waals surface area contributed by atoms with Gasteiger partial charge >= 0.3 is 23.9 Å². The lowest BCUT2D eigenvalue weighted by molar-refractivity contribution is 0.0521. The lowest BCUT2D eigenvalue weighted by Crippen LogP contribution is -2.26. The predicted molar refractivity (Wildman–Crippen MR) is 114 cm³/mol. The summed E-state index contributed by atoms with van der Waals surface area (Å²) in [6, 6.07) is 10.1. The summed E-state index contributed by atoms with van der Waals surface area (Å²) in [4.78, 5) is 51.9. The maximum atomic E-state index is 13.1. The number of rotatable bonds is 6. The Morgan fingerprint density at radius 3 is 1.64 bits per heavy atom. The number of benzene rings is 2. The highest BCUT2D eigenvalue weighted by Gasteiger charge is 2.39. The normalized spacial score (nSPS) is 10.3. The average molecular weight is 452 g/mol. The minimum absolute atomic E-state index is 0.0199. The summed E-state index contributed by atoms with van der Waals surface area (Å²) in [5.74, 6) is -4.01. The quantitative estimate of drug-likeness (QED) is 0.410. The lowest BCUT2D eigenvalue weighted by Gasteiger charge is -2.23. The number of aromatic nitrogens is 2. The molecule has 0 saturated heterocycles. The number of methoxy groups -OCH3 is 4. The van der Waals surface area contributed by atoms with Gasteiger partial charge in [-0.2, -0.15) is 5.10 Å². The van der Waals surface area contributed by atoms with Gasteiger partial charge in [0, 0.05) is 18.0 Å². The van der Waals surface area contributed by atoms with Gasteiger partial charge in [-0.1, -0.05) is 30.3 Å². The highest BCUT2D eigenvalue weighted by Crippen LogP contribution is 2.39. The average Bonchev–Trinajstić information content (AvgIpc) is 3.40. The van der Waals surface area contributed by atoms with Gasteiger partial charge in [0.25, 0.3) is 0 Å². The van der Waals surface area contributed by atoms with Crippen molar-refractivity contribution in [1.82, 2.24) is 9.78 Å². The standard InChI is InChI=1S/C23H20N2O8/c1-30-20(26)15-14(13-9-6-5-7-10-13)19(25-12-8-11-24-25)18(23(29)33-4)17(22(28)32-3)16(15)21(27)31-2/h5-12H,1-4H3. The molecule has 2 aromatic carbocycles. The molecule has 10 nitrogen and oxygen atoms in total. The Hall–Kier alpha value is -4.47. The molecule has 0 aliphatic carbocycles. The first-order chi connectivity index (χ1) is 15.9. The van der Waals surface area contributed by atoms with Crippen LogP contribution in [0.2, 0.25) is 0 Å². The predicted octanol–water partition coefficient (Wildman–Crippen LogP) is 2.69. The van der Waals surface area contributed by atoms with Gasteiger partial charge in [0.05, 0.1) is 50.8 Å². The summed E-state index contributed by atoms with van der Waals surface area (Å²) in [7, 11) is 4.38. The minimum atomic E-state index is -1.06. The molecule has 0 aliphatic rings. The molecule has 0 atom stereocenters. The van der Waals surface area contributed by atoms with Gasteiger partial charge in [-0.05, 0) is 11.6 Å². The molecule has 3 aromatic rings.